The van der Waals surface area contributed by atoms with Gasteiger partial charge in [0, 0.05) is 11.4 Å². The van der Waals surface area contributed by atoms with Crippen molar-refractivity contribution in [3.05, 3.63) is 33.8 Å². The van der Waals surface area contributed by atoms with Crippen LogP contribution in [-0.2, 0) is 13.0 Å². The van der Waals surface area contributed by atoms with Crippen molar-refractivity contribution in [2.45, 2.75) is 20.0 Å². The first-order valence-corrected chi connectivity index (χ1v) is 7.30. The Morgan fingerprint density at radius 1 is 1.35 bits per heavy atom. The summed E-state index contributed by atoms with van der Waals surface area (Å²) < 4.78 is 16.6. The molecule has 1 aromatic heterocycles. The van der Waals surface area contributed by atoms with Crippen LogP contribution in [0.5, 0.6) is 17.2 Å². The zero-order valence-corrected chi connectivity index (χ0v) is 12.0. The van der Waals surface area contributed by atoms with Crippen LogP contribution in [0.2, 0.25) is 0 Å². The molecule has 0 fully saturated rings. The minimum atomic E-state index is 0.256. The van der Waals surface area contributed by atoms with Crippen molar-refractivity contribution in [3.63, 3.8) is 0 Å². The number of benzene rings is 1. The van der Waals surface area contributed by atoms with Crippen LogP contribution >= 0.6 is 11.3 Å². The van der Waals surface area contributed by atoms with E-state index in [4.69, 9.17) is 19.9 Å². The summed E-state index contributed by atoms with van der Waals surface area (Å²) in [4.78, 5) is 4.39. The molecule has 0 bridgehead atoms. The highest BCUT2D eigenvalue weighted by Crippen LogP contribution is 2.38. The van der Waals surface area contributed by atoms with Gasteiger partial charge in [0.05, 0.1) is 10.7 Å². The molecule has 0 saturated carbocycles. The number of thiazole rings is 1. The maximum absolute atomic E-state index is 5.87. The SMILES string of the molecule is Cc1nc(COc2cc3c(cc2CCN)OCO3)cs1. The number of hydrogen-bond donors (Lipinski definition) is 1. The Labute approximate surface area is 121 Å². The molecule has 3 rings (SSSR count). The van der Waals surface area contributed by atoms with Gasteiger partial charge in [-0.3, -0.25) is 0 Å². The van der Waals surface area contributed by atoms with E-state index >= 15 is 0 Å². The van der Waals surface area contributed by atoms with Gasteiger partial charge in [-0.05, 0) is 31.5 Å². The predicted octanol–water partition coefficient (Wildman–Crippen LogP) is 2.26. The van der Waals surface area contributed by atoms with E-state index in [-0.39, 0.29) is 6.79 Å². The van der Waals surface area contributed by atoms with Crippen molar-refractivity contribution in [1.29, 1.82) is 0 Å². The fourth-order valence-electron chi connectivity index (χ4n) is 2.08. The lowest BCUT2D eigenvalue weighted by molar-refractivity contribution is 0.173. The fourth-order valence-corrected chi connectivity index (χ4v) is 2.67. The molecule has 0 unspecified atom stereocenters. The number of aryl methyl sites for hydroxylation is 1. The molecule has 0 atom stereocenters. The average molecular weight is 292 g/mol. The summed E-state index contributed by atoms with van der Waals surface area (Å²) in [5, 5.41) is 3.04. The molecule has 5 nitrogen and oxygen atoms in total. The van der Waals surface area contributed by atoms with Crippen LogP contribution in [0.3, 0.4) is 0 Å². The van der Waals surface area contributed by atoms with Crippen LogP contribution in [-0.4, -0.2) is 18.3 Å². The molecule has 2 aromatic rings. The van der Waals surface area contributed by atoms with Crippen molar-refractivity contribution in [2.24, 2.45) is 5.73 Å². The number of ether oxygens (including phenoxy) is 3. The van der Waals surface area contributed by atoms with Gasteiger partial charge < -0.3 is 19.9 Å². The fraction of sp³-hybridized carbons (Fsp3) is 0.357. The molecule has 0 spiro atoms. The number of hydrogen-bond acceptors (Lipinski definition) is 6. The predicted molar refractivity (Wildman–Crippen MR) is 76.5 cm³/mol. The molecule has 1 aliphatic rings. The molecule has 0 aliphatic carbocycles. The quantitative estimate of drug-likeness (QED) is 0.915. The summed E-state index contributed by atoms with van der Waals surface area (Å²) in [5.74, 6) is 2.26. The molecule has 0 radical (unpaired) electrons. The highest BCUT2D eigenvalue weighted by molar-refractivity contribution is 7.09. The second-order valence-corrected chi connectivity index (χ2v) is 5.56. The Morgan fingerprint density at radius 2 is 2.15 bits per heavy atom. The zero-order chi connectivity index (χ0) is 13.9. The van der Waals surface area contributed by atoms with E-state index in [1.165, 1.54) is 0 Å². The number of rotatable bonds is 5. The van der Waals surface area contributed by atoms with Crippen LogP contribution in [0.1, 0.15) is 16.3 Å². The third kappa shape index (κ3) is 2.71. The van der Waals surface area contributed by atoms with E-state index in [1.807, 2.05) is 24.4 Å². The van der Waals surface area contributed by atoms with E-state index in [2.05, 4.69) is 4.98 Å². The molecular formula is C14H16N2O3S. The lowest BCUT2D eigenvalue weighted by atomic mass is 10.1. The molecular weight excluding hydrogens is 276 g/mol. The molecule has 2 N–H and O–H groups in total. The van der Waals surface area contributed by atoms with Gasteiger partial charge in [-0.25, -0.2) is 4.98 Å². The first-order chi connectivity index (χ1) is 9.76. The van der Waals surface area contributed by atoms with Crippen molar-refractivity contribution in [1.82, 2.24) is 4.98 Å². The monoisotopic (exact) mass is 292 g/mol. The molecule has 2 heterocycles. The van der Waals surface area contributed by atoms with Crippen molar-refractivity contribution >= 4 is 11.3 Å². The first-order valence-electron chi connectivity index (χ1n) is 6.42. The summed E-state index contributed by atoms with van der Waals surface area (Å²) in [7, 11) is 0. The topological polar surface area (TPSA) is 66.6 Å². The number of nitrogens with two attached hydrogens (primary N) is 1. The van der Waals surface area contributed by atoms with Gasteiger partial charge >= 0.3 is 0 Å². The van der Waals surface area contributed by atoms with Crippen LogP contribution in [0.4, 0.5) is 0 Å². The van der Waals surface area contributed by atoms with Gasteiger partial charge in [-0.15, -0.1) is 11.3 Å². The van der Waals surface area contributed by atoms with E-state index < -0.39 is 0 Å². The Balaban J connectivity index is 1.80. The summed E-state index contributed by atoms with van der Waals surface area (Å²) in [6, 6.07) is 3.81. The lowest BCUT2D eigenvalue weighted by Crippen LogP contribution is -2.05. The van der Waals surface area contributed by atoms with Crippen molar-refractivity contribution in [3.8, 4) is 17.2 Å². The Kier molecular flexibility index (Phi) is 3.75. The van der Waals surface area contributed by atoms with Crippen molar-refractivity contribution in [2.75, 3.05) is 13.3 Å². The molecule has 0 amide bonds. The van der Waals surface area contributed by atoms with Gasteiger partial charge in [-0.1, -0.05) is 0 Å². The summed E-state index contributed by atoms with van der Waals surface area (Å²) in [6.07, 6.45) is 0.738. The third-order valence-corrected chi connectivity index (χ3v) is 3.83. The smallest absolute Gasteiger partial charge is 0.231 e. The van der Waals surface area contributed by atoms with E-state index in [9.17, 15) is 0 Å². The van der Waals surface area contributed by atoms with Crippen LogP contribution < -0.4 is 19.9 Å². The molecule has 20 heavy (non-hydrogen) atoms. The Hall–Kier alpha value is -1.79. The molecule has 1 aromatic carbocycles. The normalized spacial score (nSPS) is 12.7. The van der Waals surface area contributed by atoms with Crippen LogP contribution in [0, 0.1) is 6.92 Å². The van der Waals surface area contributed by atoms with Crippen LogP contribution in [0.25, 0.3) is 0 Å². The zero-order valence-electron chi connectivity index (χ0n) is 11.2. The van der Waals surface area contributed by atoms with Gasteiger partial charge in [0.1, 0.15) is 12.4 Å². The summed E-state index contributed by atoms with van der Waals surface area (Å²) in [6.45, 7) is 3.24. The molecule has 6 heteroatoms. The third-order valence-electron chi connectivity index (χ3n) is 3.01. The van der Waals surface area contributed by atoms with Gasteiger partial charge in [0.25, 0.3) is 0 Å². The Morgan fingerprint density at radius 3 is 2.85 bits per heavy atom. The lowest BCUT2D eigenvalue weighted by Gasteiger charge is -2.11. The maximum Gasteiger partial charge on any atom is 0.231 e. The highest BCUT2D eigenvalue weighted by atomic mass is 32.1. The summed E-state index contributed by atoms with van der Waals surface area (Å²) >= 11 is 1.62. The van der Waals surface area contributed by atoms with Gasteiger partial charge in [0.15, 0.2) is 11.5 Å². The van der Waals surface area contributed by atoms with E-state index in [0.717, 1.165) is 39.9 Å². The minimum absolute atomic E-state index is 0.256. The largest absolute Gasteiger partial charge is 0.487 e. The first kappa shape index (κ1) is 13.2. The van der Waals surface area contributed by atoms with Crippen molar-refractivity contribution < 1.29 is 14.2 Å². The molecule has 0 saturated heterocycles. The van der Waals surface area contributed by atoms with E-state index in [1.54, 1.807) is 11.3 Å². The average Bonchev–Trinajstić information content (AvgIpc) is 3.04. The van der Waals surface area contributed by atoms with Gasteiger partial charge in [-0.2, -0.15) is 0 Å². The van der Waals surface area contributed by atoms with Crippen LogP contribution in [0.15, 0.2) is 17.5 Å². The molecule has 106 valence electrons. The number of aromatic nitrogens is 1. The number of fused-ring (bicyclic) bond motifs is 1. The standard InChI is InChI=1S/C14H16N2O3S/c1-9-16-11(7-20-9)6-17-12-5-14-13(18-8-19-14)4-10(12)2-3-15/h4-5,7H,2-3,6,8,15H2,1H3. The second kappa shape index (κ2) is 5.68. The number of nitrogens with zero attached hydrogens (tertiary/aromatic N) is 1. The highest BCUT2D eigenvalue weighted by Gasteiger charge is 2.18. The minimum Gasteiger partial charge on any atom is -0.487 e. The maximum atomic E-state index is 5.87. The molecule has 1 aliphatic heterocycles. The second-order valence-electron chi connectivity index (χ2n) is 4.50. The van der Waals surface area contributed by atoms with Gasteiger partial charge in [0.2, 0.25) is 6.79 Å². The summed E-state index contributed by atoms with van der Waals surface area (Å²) in [5.41, 5.74) is 7.61. The Bertz CT molecular complexity index is 612. The van der Waals surface area contributed by atoms with E-state index in [0.29, 0.717) is 13.2 Å².